The van der Waals surface area contributed by atoms with Gasteiger partial charge in [-0.3, -0.25) is 0 Å². The minimum atomic E-state index is -0.723. The average Bonchev–Trinajstić information content (AvgIpc) is 2.64. The zero-order valence-corrected chi connectivity index (χ0v) is 9.09. The summed E-state index contributed by atoms with van der Waals surface area (Å²) in [6, 6.07) is 9.88. The van der Waals surface area contributed by atoms with Crippen molar-refractivity contribution in [2.75, 3.05) is 0 Å². The van der Waals surface area contributed by atoms with Gasteiger partial charge in [0.2, 0.25) is 0 Å². The molecule has 0 fully saturated rings. The van der Waals surface area contributed by atoms with Crippen LogP contribution >= 0.6 is 11.3 Å². The Hall–Kier alpha value is -1.19. The maximum atomic E-state index is 12.9. The molecule has 1 unspecified atom stereocenters. The highest BCUT2D eigenvalue weighted by atomic mass is 32.1. The lowest BCUT2D eigenvalue weighted by Gasteiger charge is -2.08. The van der Waals surface area contributed by atoms with E-state index in [1.165, 1.54) is 23.5 Å². The monoisotopic (exact) mass is 222 g/mol. The summed E-state index contributed by atoms with van der Waals surface area (Å²) >= 11 is 1.52. The van der Waals surface area contributed by atoms with Crippen molar-refractivity contribution in [1.29, 1.82) is 0 Å². The lowest BCUT2D eigenvalue weighted by molar-refractivity contribution is 0.223. The Kier molecular flexibility index (Phi) is 2.84. The Bertz CT molecular complexity index is 464. The quantitative estimate of drug-likeness (QED) is 0.826. The van der Waals surface area contributed by atoms with Gasteiger partial charge in [-0.1, -0.05) is 12.1 Å². The molecule has 1 aromatic carbocycles. The molecule has 2 aromatic rings. The summed E-state index contributed by atoms with van der Waals surface area (Å²) in [5.74, 6) is -0.320. The number of aliphatic hydroxyl groups excluding tert-OH is 1. The fourth-order valence-corrected chi connectivity index (χ4v) is 2.33. The average molecular weight is 222 g/mol. The van der Waals surface area contributed by atoms with E-state index in [0.717, 1.165) is 9.75 Å². The van der Waals surface area contributed by atoms with Gasteiger partial charge in [-0.15, -0.1) is 11.3 Å². The third kappa shape index (κ3) is 2.25. The van der Waals surface area contributed by atoms with Gasteiger partial charge >= 0.3 is 0 Å². The van der Waals surface area contributed by atoms with Crippen molar-refractivity contribution in [3.8, 4) is 0 Å². The molecule has 0 spiro atoms. The van der Waals surface area contributed by atoms with E-state index in [0.29, 0.717) is 5.56 Å². The van der Waals surface area contributed by atoms with Crippen molar-refractivity contribution in [3.63, 3.8) is 0 Å². The summed E-state index contributed by atoms with van der Waals surface area (Å²) in [5, 5.41) is 9.97. The second kappa shape index (κ2) is 4.13. The SMILES string of the molecule is Cc1ccc(C(O)c2cccc(F)c2)s1. The molecule has 1 N–H and O–H groups in total. The van der Waals surface area contributed by atoms with Gasteiger partial charge in [0, 0.05) is 9.75 Å². The Morgan fingerprint density at radius 2 is 2.07 bits per heavy atom. The largest absolute Gasteiger partial charge is 0.383 e. The van der Waals surface area contributed by atoms with Crippen molar-refractivity contribution in [3.05, 3.63) is 57.5 Å². The number of benzene rings is 1. The van der Waals surface area contributed by atoms with Gasteiger partial charge in [-0.2, -0.15) is 0 Å². The van der Waals surface area contributed by atoms with Gasteiger partial charge in [-0.05, 0) is 36.8 Å². The van der Waals surface area contributed by atoms with Gasteiger partial charge < -0.3 is 5.11 Å². The number of hydrogen-bond donors (Lipinski definition) is 1. The van der Waals surface area contributed by atoms with Crippen molar-refractivity contribution in [2.24, 2.45) is 0 Å². The van der Waals surface area contributed by atoms with E-state index in [4.69, 9.17) is 0 Å². The lowest BCUT2D eigenvalue weighted by Crippen LogP contribution is -1.97. The summed E-state index contributed by atoms with van der Waals surface area (Å²) in [6.07, 6.45) is -0.723. The minimum absolute atomic E-state index is 0.320. The highest BCUT2D eigenvalue weighted by Gasteiger charge is 2.12. The number of aliphatic hydroxyl groups is 1. The summed E-state index contributed by atoms with van der Waals surface area (Å²) in [6.45, 7) is 1.98. The van der Waals surface area contributed by atoms with Gasteiger partial charge in [0.25, 0.3) is 0 Å². The van der Waals surface area contributed by atoms with E-state index in [-0.39, 0.29) is 5.82 Å². The highest BCUT2D eigenvalue weighted by molar-refractivity contribution is 7.12. The first-order valence-electron chi connectivity index (χ1n) is 4.66. The Morgan fingerprint density at radius 3 is 2.67 bits per heavy atom. The molecule has 0 aliphatic carbocycles. The molecule has 0 radical (unpaired) electrons. The van der Waals surface area contributed by atoms with Crippen molar-refractivity contribution in [2.45, 2.75) is 13.0 Å². The molecule has 0 saturated heterocycles. The maximum absolute atomic E-state index is 12.9. The first-order valence-corrected chi connectivity index (χ1v) is 5.48. The van der Waals surface area contributed by atoms with Crippen molar-refractivity contribution < 1.29 is 9.50 Å². The second-order valence-electron chi connectivity index (χ2n) is 3.41. The number of halogens is 1. The smallest absolute Gasteiger partial charge is 0.123 e. The zero-order valence-electron chi connectivity index (χ0n) is 8.27. The predicted molar refractivity (Wildman–Crippen MR) is 59.5 cm³/mol. The molecule has 1 aromatic heterocycles. The zero-order chi connectivity index (χ0) is 10.8. The van der Waals surface area contributed by atoms with Crippen LogP contribution in [0.3, 0.4) is 0 Å². The fourth-order valence-electron chi connectivity index (χ4n) is 1.44. The standard InChI is InChI=1S/C12H11FOS/c1-8-5-6-11(15-8)12(14)9-3-2-4-10(13)7-9/h2-7,12,14H,1H3. The van der Waals surface area contributed by atoms with Gasteiger partial charge in [0.05, 0.1) is 0 Å². The van der Waals surface area contributed by atoms with Crippen LogP contribution in [-0.4, -0.2) is 5.11 Å². The van der Waals surface area contributed by atoms with E-state index >= 15 is 0 Å². The van der Waals surface area contributed by atoms with Gasteiger partial charge in [-0.25, -0.2) is 4.39 Å². The Labute approximate surface area is 91.8 Å². The van der Waals surface area contributed by atoms with Gasteiger partial charge in [0.1, 0.15) is 11.9 Å². The number of rotatable bonds is 2. The summed E-state index contributed by atoms with van der Waals surface area (Å²) < 4.78 is 12.9. The summed E-state index contributed by atoms with van der Waals surface area (Å²) in [7, 11) is 0. The number of thiophene rings is 1. The third-order valence-electron chi connectivity index (χ3n) is 2.20. The maximum Gasteiger partial charge on any atom is 0.123 e. The number of aryl methyl sites for hydroxylation is 1. The Morgan fingerprint density at radius 1 is 1.27 bits per heavy atom. The van der Waals surface area contributed by atoms with E-state index in [1.54, 1.807) is 12.1 Å². The normalized spacial score (nSPS) is 12.7. The summed E-state index contributed by atoms with van der Waals surface area (Å²) in [5.41, 5.74) is 0.594. The molecule has 3 heteroatoms. The van der Waals surface area contributed by atoms with E-state index in [9.17, 15) is 9.50 Å². The van der Waals surface area contributed by atoms with Crippen molar-refractivity contribution in [1.82, 2.24) is 0 Å². The molecule has 0 saturated carbocycles. The molecule has 1 heterocycles. The molecule has 2 rings (SSSR count). The molecule has 0 aliphatic heterocycles. The first-order chi connectivity index (χ1) is 7.16. The van der Waals surface area contributed by atoms with Crippen molar-refractivity contribution >= 4 is 11.3 Å². The van der Waals surface area contributed by atoms with Crippen LogP contribution in [-0.2, 0) is 0 Å². The van der Waals surface area contributed by atoms with Crippen LogP contribution in [0, 0.1) is 12.7 Å². The van der Waals surface area contributed by atoms with E-state index in [2.05, 4.69) is 0 Å². The molecule has 0 amide bonds. The predicted octanol–water partition coefficient (Wildman–Crippen LogP) is 3.28. The molecule has 0 bridgehead atoms. The molecule has 15 heavy (non-hydrogen) atoms. The van der Waals surface area contributed by atoms with Gasteiger partial charge in [0.15, 0.2) is 0 Å². The molecule has 78 valence electrons. The van der Waals surface area contributed by atoms with Crippen LogP contribution in [0.5, 0.6) is 0 Å². The number of hydrogen-bond acceptors (Lipinski definition) is 2. The van der Waals surface area contributed by atoms with Crippen LogP contribution in [0.2, 0.25) is 0 Å². The second-order valence-corrected chi connectivity index (χ2v) is 4.73. The molecule has 1 nitrogen and oxygen atoms in total. The van der Waals surface area contributed by atoms with E-state index < -0.39 is 6.10 Å². The fraction of sp³-hybridized carbons (Fsp3) is 0.167. The lowest BCUT2D eigenvalue weighted by atomic mass is 10.1. The minimum Gasteiger partial charge on any atom is -0.383 e. The van der Waals surface area contributed by atoms with Crippen LogP contribution < -0.4 is 0 Å². The van der Waals surface area contributed by atoms with Crippen LogP contribution in [0.1, 0.15) is 21.4 Å². The molecule has 1 atom stereocenters. The Balaban J connectivity index is 2.32. The molecular weight excluding hydrogens is 211 g/mol. The molecule has 0 aliphatic rings. The third-order valence-corrected chi connectivity index (χ3v) is 3.25. The van der Waals surface area contributed by atoms with Crippen LogP contribution in [0.4, 0.5) is 4.39 Å². The van der Waals surface area contributed by atoms with Crippen LogP contribution in [0.25, 0.3) is 0 Å². The van der Waals surface area contributed by atoms with E-state index in [1.807, 2.05) is 19.1 Å². The summed E-state index contributed by atoms with van der Waals surface area (Å²) in [4.78, 5) is 1.98. The van der Waals surface area contributed by atoms with Crippen LogP contribution in [0.15, 0.2) is 36.4 Å². The topological polar surface area (TPSA) is 20.2 Å². The first kappa shape index (κ1) is 10.3. The highest BCUT2D eigenvalue weighted by Crippen LogP contribution is 2.28. The molecular formula is C12H11FOS.